The molecule has 5 rings (SSSR count). The van der Waals surface area contributed by atoms with Crippen LogP contribution < -0.4 is 4.90 Å². The summed E-state index contributed by atoms with van der Waals surface area (Å²) in [6, 6.07) is 12.1. The molecule has 0 spiro atoms. The third-order valence-corrected chi connectivity index (χ3v) is 6.69. The lowest BCUT2D eigenvalue weighted by molar-refractivity contribution is -0.202. The molecule has 29 heavy (non-hydrogen) atoms. The molecule has 0 aliphatic carbocycles. The van der Waals surface area contributed by atoms with Crippen LogP contribution in [0.5, 0.6) is 0 Å². The number of anilines is 1. The molecule has 152 valence electrons. The molecule has 3 saturated heterocycles. The Morgan fingerprint density at radius 2 is 1.90 bits per heavy atom. The molecule has 0 radical (unpaired) electrons. The van der Waals surface area contributed by atoms with Crippen LogP contribution in [0.25, 0.3) is 0 Å². The predicted octanol–water partition coefficient (Wildman–Crippen LogP) is 2.47. The fourth-order valence-corrected chi connectivity index (χ4v) is 4.80. The molecule has 2 unspecified atom stereocenters. The van der Waals surface area contributed by atoms with Crippen LogP contribution >= 0.6 is 0 Å². The second-order valence-corrected chi connectivity index (χ2v) is 8.60. The smallest absolute Gasteiger partial charge is 0.253 e. The third-order valence-electron chi connectivity index (χ3n) is 6.69. The van der Waals surface area contributed by atoms with Crippen molar-refractivity contribution in [3.05, 3.63) is 59.3 Å². The molecule has 1 aromatic heterocycles. The lowest BCUT2D eigenvalue weighted by Gasteiger charge is -2.40. The summed E-state index contributed by atoms with van der Waals surface area (Å²) >= 11 is 0. The summed E-state index contributed by atoms with van der Waals surface area (Å²) in [6.45, 7) is 6.70. The number of nitrogens with zero attached hydrogens (tertiary/aromatic N) is 3. The number of amides is 1. The van der Waals surface area contributed by atoms with Crippen LogP contribution in [0.2, 0.25) is 0 Å². The summed E-state index contributed by atoms with van der Waals surface area (Å²) in [5.74, 6) is 2.18. The molecule has 6 heteroatoms. The number of aryl methyl sites for hydroxylation is 1. The van der Waals surface area contributed by atoms with E-state index in [0.717, 1.165) is 43.1 Å². The summed E-state index contributed by atoms with van der Waals surface area (Å²) in [5.41, 5.74) is 2.53. The Morgan fingerprint density at radius 1 is 1.14 bits per heavy atom. The van der Waals surface area contributed by atoms with Crippen LogP contribution in [0, 0.1) is 18.8 Å². The lowest BCUT2D eigenvalue weighted by atomic mass is 9.90. The molecule has 3 aliphatic heterocycles. The summed E-state index contributed by atoms with van der Waals surface area (Å²) in [7, 11) is 1.70. The fourth-order valence-electron chi connectivity index (χ4n) is 4.80. The van der Waals surface area contributed by atoms with Crippen molar-refractivity contribution >= 4 is 11.7 Å². The average Bonchev–Trinajstić information content (AvgIpc) is 3.27. The van der Waals surface area contributed by atoms with Gasteiger partial charge in [0, 0.05) is 56.9 Å². The van der Waals surface area contributed by atoms with Crippen molar-refractivity contribution < 1.29 is 14.3 Å². The highest BCUT2D eigenvalue weighted by Gasteiger charge is 2.43. The quantitative estimate of drug-likeness (QED) is 0.799. The zero-order valence-corrected chi connectivity index (χ0v) is 17.0. The van der Waals surface area contributed by atoms with E-state index in [1.54, 1.807) is 7.11 Å². The van der Waals surface area contributed by atoms with Gasteiger partial charge in [-0.15, -0.1) is 0 Å². The first kappa shape index (κ1) is 18.6. The van der Waals surface area contributed by atoms with Crippen molar-refractivity contribution in [1.82, 2.24) is 9.88 Å². The first-order chi connectivity index (χ1) is 14.1. The molecular formula is C23H27N3O3. The van der Waals surface area contributed by atoms with Crippen molar-refractivity contribution in [2.75, 3.05) is 51.4 Å². The van der Waals surface area contributed by atoms with Gasteiger partial charge in [-0.1, -0.05) is 18.2 Å². The van der Waals surface area contributed by atoms with Crippen LogP contribution in [-0.4, -0.2) is 62.3 Å². The van der Waals surface area contributed by atoms with E-state index in [0.29, 0.717) is 25.0 Å². The Hall–Kier alpha value is -2.44. The van der Waals surface area contributed by atoms with E-state index >= 15 is 0 Å². The first-order valence-electron chi connectivity index (χ1n) is 10.3. The Bertz CT molecular complexity index is 890. The number of aromatic nitrogens is 1. The number of hydrogen-bond acceptors (Lipinski definition) is 5. The monoisotopic (exact) mass is 393 g/mol. The minimum absolute atomic E-state index is 0.118. The average molecular weight is 393 g/mol. The van der Waals surface area contributed by atoms with E-state index in [-0.39, 0.29) is 5.91 Å². The van der Waals surface area contributed by atoms with E-state index < -0.39 is 5.60 Å². The maximum absolute atomic E-state index is 13.2. The molecule has 3 fully saturated rings. The SMILES string of the molecule is COC1(c2cccc(C(=O)N3CC4CN(c5ccc(C)cn5)CC4C3)c2)COC1. The van der Waals surface area contributed by atoms with E-state index in [1.165, 1.54) is 5.56 Å². The zero-order chi connectivity index (χ0) is 20.0. The molecule has 0 saturated carbocycles. The molecule has 2 aromatic rings. The number of carbonyl (C=O) groups excluding carboxylic acids is 1. The highest BCUT2D eigenvalue weighted by molar-refractivity contribution is 5.94. The molecule has 0 N–H and O–H groups in total. The largest absolute Gasteiger partial charge is 0.375 e. The zero-order valence-electron chi connectivity index (χ0n) is 17.0. The molecule has 3 aliphatic rings. The van der Waals surface area contributed by atoms with Crippen molar-refractivity contribution in [3.8, 4) is 0 Å². The number of rotatable bonds is 4. The van der Waals surface area contributed by atoms with Gasteiger partial charge in [-0.25, -0.2) is 4.98 Å². The molecular weight excluding hydrogens is 366 g/mol. The molecule has 6 nitrogen and oxygen atoms in total. The van der Waals surface area contributed by atoms with Crippen LogP contribution in [0.4, 0.5) is 5.82 Å². The van der Waals surface area contributed by atoms with Gasteiger partial charge in [0.25, 0.3) is 5.91 Å². The summed E-state index contributed by atoms with van der Waals surface area (Å²) < 4.78 is 11.0. The van der Waals surface area contributed by atoms with Crippen LogP contribution in [0.3, 0.4) is 0 Å². The third kappa shape index (κ3) is 3.20. The Morgan fingerprint density at radius 3 is 2.48 bits per heavy atom. The van der Waals surface area contributed by atoms with Gasteiger partial charge in [0.2, 0.25) is 0 Å². The summed E-state index contributed by atoms with van der Waals surface area (Å²) in [6.07, 6.45) is 1.92. The standard InChI is InChI=1S/C23H27N3O3/c1-16-6-7-21(24-9-16)25-10-18-12-26(13-19(18)11-25)22(27)17-4-3-5-20(8-17)23(28-2)14-29-15-23/h3-9,18-19H,10-15H2,1-2H3. The highest BCUT2D eigenvalue weighted by atomic mass is 16.6. The number of carbonyl (C=O) groups is 1. The van der Waals surface area contributed by atoms with Crippen molar-refractivity contribution in [1.29, 1.82) is 0 Å². The molecule has 4 heterocycles. The minimum atomic E-state index is -0.403. The van der Waals surface area contributed by atoms with Crippen molar-refractivity contribution in [2.24, 2.45) is 11.8 Å². The number of hydrogen-bond donors (Lipinski definition) is 0. The van der Waals surface area contributed by atoms with Gasteiger partial charge >= 0.3 is 0 Å². The van der Waals surface area contributed by atoms with Gasteiger partial charge in [-0.2, -0.15) is 0 Å². The molecule has 2 atom stereocenters. The number of fused-ring (bicyclic) bond motifs is 1. The lowest BCUT2D eigenvalue weighted by Crippen LogP contribution is -2.48. The van der Waals surface area contributed by atoms with Gasteiger partial charge in [0.05, 0.1) is 13.2 Å². The number of benzene rings is 1. The Kier molecular flexibility index (Phi) is 4.56. The van der Waals surface area contributed by atoms with E-state index in [2.05, 4.69) is 28.9 Å². The second kappa shape index (κ2) is 7.11. The minimum Gasteiger partial charge on any atom is -0.375 e. The normalized spacial score (nSPS) is 25.0. The summed E-state index contributed by atoms with van der Waals surface area (Å²) in [4.78, 5) is 22.1. The van der Waals surface area contributed by atoms with E-state index in [1.807, 2.05) is 35.4 Å². The van der Waals surface area contributed by atoms with Crippen LogP contribution in [-0.2, 0) is 15.1 Å². The van der Waals surface area contributed by atoms with Gasteiger partial charge in [0.1, 0.15) is 11.4 Å². The number of methoxy groups -OCH3 is 1. The molecule has 0 bridgehead atoms. The van der Waals surface area contributed by atoms with Crippen molar-refractivity contribution in [2.45, 2.75) is 12.5 Å². The fraction of sp³-hybridized carbons (Fsp3) is 0.478. The molecule has 1 amide bonds. The van der Waals surface area contributed by atoms with Gasteiger partial charge < -0.3 is 19.3 Å². The Labute approximate surface area is 171 Å². The molecule has 1 aromatic carbocycles. The second-order valence-electron chi connectivity index (χ2n) is 8.60. The van der Waals surface area contributed by atoms with Gasteiger partial charge in [-0.3, -0.25) is 4.79 Å². The number of likely N-dealkylation sites (tertiary alicyclic amines) is 1. The highest BCUT2D eigenvalue weighted by Crippen LogP contribution is 2.36. The van der Waals surface area contributed by atoms with Crippen molar-refractivity contribution in [3.63, 3.8) is 0 Å². The summed E-state index contributed by atoms with van der Waals surface area (Å²) in [5, 5.41) is 0. The van der Waals surface area contributed by atoms with E-state index in [4.69, 9.17) is 9.47 Å². The number of pyridine rings is 1. The predicted molar refractivity (Wildman–Crippen MR) is 110 cm³/mol. The van der Waals surface area contributed by atoms with E-state index in [9.17, 15) is 4.79 Å². The van der Waals surface area contributed by atoms with Gasteiger partial charge in [-0.05, 0) is 36.2 Å². The van der Waals surface area contributed by atoms with Gasteiger partial charge in [0.15, 0.2) is 0 Å². The maximum atomic E-state index is 13.2. The number of ether oxygens (including phenoxy) is 2. The Balaban J connectivity index is 1.26. The van der Waals surface area contributed by atoms with Crippen LogP contribution in [0.1, 0.15) is 21.5 Å². The van der Waals surface area contributed by atoms with Crippen LogP contribution in [0.15, 0.2) is 42.6 Å². The topological polar surface area (TPSA) is 54.9 Å². The first-order valence-corrected chi connectivity index (χ1v) is 10.3. The maximum Gasteiger partial charge on any atom is 0.253 e.